The molecule has 0 spiro atoms. The fraction of sp³-hybridized carbons (Fsp3) is 0.316. The van der Waals surface area contributed by atoms with E-state index >= 15 is 0 Å². The third-order valence-electron chi connectivity index (χ3n) is 4.10. The molecule has 1 aromatic carbocycles. The van der Waals surface area contributed by atoms with Crippen LogP contribution in [0.3, 0.4) is 0 Å². The van der Waals surface area contributed by atoms with Crippen molar-refractivity contribution >= 4 is 44.7 Å². The van der Waals surface area contributed by atoms with Crippen molar-refractivity contribution in [2.75, 3.05) is 5.32 Å². The van der Waals surface area contributed by atoms with Crippen molar-refractivity contribution in [2.45, 2.75) is 39.8 Å². The van der Waals surface area contributed by atoms with Crippen molar-refractivity contribution in [1.29, 1.82) is 0 Å². The molecule has 0 bridgehead atoms. The van der Waals surface area contributed by atoms with Gasteiger partial charge >= 0.3 is 0 Å². The minimum absolute atomic E-state index is 0.332. The fourth-order valence-electron chi connectivity index (χ4n) is 3.15. The molecular weight excluding hydrogens is 316 g/mol. The Labute approximate surface area is 147 Å². The van der Waals surface area contributed by atoms with E-state index in [0.717, 1.165) is 32.5 Å². The SMILES string of the molecule is CC(C)N(C(=S)Nc1cc2ccncc2c2ncccc12)C(C)C. The minimum Gasteiger partial charge on any atom is -0.344 e. The maximum absolute atomic E-state index is 5.68. The summed E-state index contributed by atoms with van der Waals surface area (Å²) in [6, 6.07) is 8.79. The lowest BCUT2D eigenvalue weighted by Crippen LogP contribution is -2.44. The van der Waals surface area contributed by atoms with Gasteiger partial charge in [-0.15, -0.1) is 0 Å². The number of thiocarbonyl (C=S) groups is 1. The molecule has 0 aliphatic rings. The maximum Gasteiger partial charge on any atom is 0.173 e. The van der Waals surface area contributed by atoms with Crippen LogP contribution in [-0.4, -0.2) is 32.1 Å². The third-order valence-corrected chi connectivity index (χ3v) is 4.41. The van der Waals surface area contributed by atoms with E-state index in [-0.39, 0.29) is 0 Å². The second-order valence-corrected chi connectivity index (χ2v) is 6.83. The first-order valence-corrected chi connectivity index (χ1v) is 8.60. The van der Waals surface area contributed by atoms with Gasteiger partial charge in [0.25, 0.3) is 0 Å². The molecule has 5 heteroatoms. The van der Waals surface area contributed by atoms with Gasteiger partial charge in [0.1, 0.15) is 0 Å². The summed E-state index contributed by atoms with van der Waals surface area (Å²) < 4.78 is 0. The van der Waals surface area contributed by atoms with Crippen LogP contribution in [-0.2, 0) is 0 Å². The molecule has 1 N–H and O–H groups in total. The number of nitrogens with one attached hydrogen (secondary N) is 1. The monoisotopic (exact) mass is 338 g/mol. The second-order valence-electron chi connectivity index (χ2n) is 6.45. The Morgan fingerprint density at radius 1 is 1.08 bits per heavy atom. The fourth-order valence-corrected chi connectivity index (χ4v) is 3.68. The summed E-state index contributed by atoms with van der Waals surface area (Å²) in [6.45, 7) is 8.61. The van der Waals surface area contributed by atoms with E-state index in [0.29, 0.717) is 12.1 Å². The Kier molecular flexibility index (Phi) is 4.62. The lowest BCUT2D eigenvalue weighted by molar-refractivity contribution is 0.297. The Bertz CT molecular complexity index is 881. The molecule has 0 saturated carbocycles. The van der Waals surface area contributed by atoms with Gasteiger partial charge in [-0.2, -0.15) is 0 Å². The van der Waals surface area contributed by atoms with Crippen LogP contribution in [0, 0.1) is 0 Å². The molecule has 0 amide bonds. The number of fused-ring (bicyclic) bond motifs is 3. The van der Waals surface area contributed by atoms with Gasteiger partial charge < -0.3 is 10.2 Å². The number of pyridine rings is 2. The second kappa shape index (κ2) is 6.69. The van der Waals surface area contributed by atoms with Crippen LogP contribution in [0.15, 0.2) is 42.9 Å². The highest BCUT2D eigenvalue weighted by Gasteiger charge is 2.18. The summed E-state index contributed by atoms with van der Waals surface area (Å²) in [4.78, 5) is 11.0. The molecule has 0 aliphatic carbocycles. The quantitative estimate of drug-likeness (QED) is 0.558. The number of benzene rings is 1. The van der Waals surface area contributed by atoms with E-state index in [1.54, 1.807) is 6.20 Å². The van der Waals surface area contributed by atoms with Gasteiger partial charge in [-0.1, -0.05) is 0 Å². The van der Waals surface area contributed by atoms with Gasteiger partial charge in [-0.05, 0) is 69.6 Å². The highest BCUT2D eigenvalue weighted by molar-refractivity contribution is 7.80. The highest BCUT2D eigenvalue weighted by Crippen LogP contribution is 2.30. The maximum atomic E-state index is 5.68. The van der Waals surface area contributed by atoms with Crippen molar-refractivity contribution in [3.05, 3.63) is 42.9 Å². The Hall–Kier alpha value is -2.27. The van der Waals surface area contributed by atoms with Gasteiger partial charge in [0.2, 0.25) is 0 Å². The average molecular weight is 338 g/mol. The predicted octanol–water partition coefficient (Wildman–Crippen LogP) is 4.60. The standard InChI is InChI=1S/C19H22N4S/c1-12(2)23(13(3)4)19(24)22-17-10-14-7-9-20-11-16(14)18-15(17)6-5-8-21-18/h5-13H,1-4H3,(H,22,24). The van der Waals surface area contributed by atoms with Crippen LogP contribution < -0.4 is 5.32 Å². The third kappa shape index (κ3) is 3.04. The van der Waals surface area contributed by atoms with Crippen molar-refractivity contribution in [3.8, 4) is 0 Å². The molecule has 0 aliphatic heterocycles. The summed E-state index contributed by atoms with van der Waals surface area (Å²) in [7, 11) is 0. The van der Waals surface area contributed by atoms with Crippen molar-refractivity contribution < 1.29 is 0 Å². The van der Waals surface area contributed by atoms with Gasteiger partial charge in [0.15, 0.2) is 5.11 Å². The normalized spacial score (nSPS) is 11.4. The van der Waals surface area contributed by atoms with Gasteiger partial charge in [0, 0.05) is 41.4 Å². The molecule has 24 heavy (non-hydrogen) atoms. The molecule has 0 radical (unpaired) electrons. The first kappa shape index (κ1) is 16.6. The smallest absolute Gasteiger partial charge is 0.173 e. The molecule has 0 unspecified atom stereocenters. The molecule has 4 nitrogen and oxygen atoms in total. The molecule has 2 aromatic heterocycles. The van der Waals surface area contributed by atoms with E-state index in [2.05, 4.69) is 60.0 Å². The molecule has 0 atom stereocenters. The molecule has 0 fully saturated rings. The lowest BCUT2D eigenvalue weighted by Gasteiger charge is -2.33. The molecule has 124 valence electrons. The van der Waals surface area contributed by atoms with Crippen LogP contribution in [0.2, 0.25) is 0 Å². The molecule has 3 aromatic rings. The lowest BCUT2D eigenvalue weighted by atomic mass is 10.1. The Morgan fingerprint density at radius 2 is 1.83 bits per heavy atom. The number of nitrogens with zero attached hydrogens (tertiary/aromatic N) is 3. The number of anilines is 1. The summed E-state index contributed by atoms with van der Waals surface area (Å²) in [5.41, 5.74) is 1.92. The van der Waals surface area contributed by atoms with Gasteiger partial charge in [-0.25, -0.2) is 0 Å². The van der Waals surface area contributed by atoms with E-state index in [1.807, 2.05) is 24.5 Å². The molecule has 3 rings (SSSR count). The van der Waals surface area contributed by atoms with Crippen molar-refractivity contribution in [1.82, 2.24) is 14.9 Å². The number of hydrogen-bond donors (Lipinski definition) is 1. The number of aromatic nitrogens is 2. The van der Waals surface area contributed by atoms with Crippen molar-refractivity contribution in [3.63, 3.8) is 0 Å². The highest BCUT2D eigenvalue weighted by atomic mass is 32.1. The first-order chi connectivity index (χ1) is 11.5. The van der Waals surface area contributed by atoms with Crippen LogP contribution in [0.5, 0.6) is 0 Å². The topological polar surface area (TPSA) is 41.0 Å². The van der Waals surface area contributed by atoms with E-state index in [1.165, 1.54) is 0 Å². The molecule has 0 saturated heterocycles. The summed E-state index contributed by atoms with van der Waals surface area (Å²) in [5, 5.41) is 7.37. The van der Waals surface area contributed by atoms with E-state index in [9.17, 15) is 0 Å². The van der Waals surface area contributed by atoms with E-state index in [4.69, 9.17) is 12.2 Å². The summed E-state index contributed by atoms with van der Waals surface area (Å²) >= 11 is 5.68. The zero-order chi connectivity index (χ0) is 17.3. The predicted molar refractivity (Wildman–Crippen MR) is 105 cm³/mol. The van der Waals surface area contributed by atoms with Crippen LogP contribution in [0.25, 0.3) is 21.7 Å². The van der Waals surface area contributed by atoms with Gasteiger partial charge in [0.05, 0.1) is 11.2 Å². The zero-order valence-electron chi connectivity index (χ0n) is 14.4. The largest absolute Gasteiger partial charge is 0.344 e. The zero-order valence-corrected chi connectivity index (χ0v) is 15.3. The molecular formula is C19H22N4S. The molecule has 2 heterocycles. The van der Waals surface area contributed by atoms with Crippen LogP contribution in [0.4, 0.5) is 5.69 Å². The minimum atomic E-state index is 0.332. The van der Waals surface area contributed by atoms with Gasteiger partial charge in [-0.3, -0.25) is 9.97 Å². The Morgan fingerprint density at radius 3 is 2.54 bits per heavy atom. The number of hydrogen-bond acceptors (Lipinski definition) is 3. The Balaban J connectivity index is 2.10. The average Bonchev–Trinajstić information content (AvgIpc) is 2.54. The van der Waals surface area contributed by atoms with Crippen molar-refractivity contribution in [2.24, 2.45) is 0 Å². The number of rotatable bonds is 3. The van der Waals surface area contributed by atoms with Crippen LogP contribution >= 0.6 is 12.2 Å². The van der Waals surface area contributed by atoms with Crippen LogP contribution in [0.1, 0.15) is 27.7 Å². The van der Waals surface area contributed by atoms with E-state index < -0.39 is 0 Å². The summed E-state index contributed by atoms with van der Waals surface area (Å²) in [6.07, 6.45) is 5.47. The first-order valence-electron chi connectivity index (χ1n) is 8.20. The summed E-state index contributed by atoms with van der Waals surface area (Å²) in [5.74, 6) is 0.